The molecule has 0 bridgehead atoms. The summed E-state index contributed by atoms with van der Waals surface area (Å²) in [5, 5.41) is 6.15. The van der Waals surface area contributed by atoms with E-state index in [4.69, 9.17) is 4.74 Å². The van der Waals surface area contributed by atoms with Crippen LogP contribution < -0.4 is 10.6 Å². The van der Waals surface area contributed by atoms with Crippen LogP contribution in [0.15, 0.2) is 23.2 Å². The molecule has 0 radical (unpaired) electrons. The molecule has 0 spiro atoms. The van der Waals surface area contributed by atoms with Gasteiger partial charge in [-0.25, -0.2) is 8.78 Å². The molecule has 22 heavy (non-hydrogen) atoms. The zero-order valence-corrected chi connectivity index (χ0v) is 15.3. The third kappa shape index (κ3) is 7.88. The Balaban J connectivity index is 0.00000441. The highest BCUT2D eigenvalue weighted by atomic mass is 127. The lowest BCUT2D eigenvalue weighted by atomic mass is 10.1. The summed E-state index contributed by atoms with van der Waals surface area (Å²) >= 11 is 0. The van der Waals surface area contributed by atoms with E-state index in [1.54, 1.807) is 7.11 Å². The lowest BCUT2D eigenvalue weighted by Gasteiger charge is -2.12. The number of hydrogen-bond acceptors (Lipinski definition) is 2. The van der Waals surface area contributed by atoms with Gasteiger partial charge in [-0.2, -0.15) is 0 Å². The van der Waals surface area contributed by atoms with Crippen LogP contribution in [0.25, 0.3) is 0 Å². The lowest BCUT2D eigenvalue weighted by molar-refractivity contribution is 0.197. The van der Waals surface area contributed by atoms with Crippen LogP contribution in [-0.2, 0) is 11.2 Å². The predicted octanol–water partition coefficient (Wildman–Crippen LogP) is 2.72. The van der Waals surface area contributed by atoms with E-state index in [9.17, 15) is 8.78 Å². The number of rotatable bonds is 8. The molecule has 0 aliphatic carbocycles. The zero-order valence-electron chi connectivity index (χ0n) is 13.0. The number of ether oxygens (including phenoxy) is 1. The van der Waals surface area contributed by atoms with Crippen LogP contribution in [0.3, 0.4) is 0 Å². The van der Waals surface area contributed by atoms with E-state index in [0.717, 1.165) is 13.0 Å². The van der Waals surface area contributed by atoms with Gasteiger partial charge in [0.25, 0.3) is 0 Å². The Morgan fingerprint density at radius 1 is 1.23 bits per heavy atom. The van der Waals surface area contributed by atoms with Crippen LogP contribution in [0.2, 0.25) is 0 Å². The number of benzene rings is 1. The molecule has 4 nitrogen and oxygen atoms in total. The van der Waals surface area contributed by atoms with Gasteiger partial charge in [-0.15, -0.1) is 24.0 Å². The van der Waals surface area contributed by atoms with Gasteiger partial charge >= 0.3 is 0 Å². The molecule has 1 aromatic rings. The van der Waals surface area contributed by atoms with Gasteiger partial charge in [0.2, 0.25) is 0 Å². The molecule has 0 aromatic heterocycles. The van der Waals surface area contributed by atoms with Gasteiger partial charge in [-0.05, 0) is 31.9 Å². The Morgan fingerprint density at radius 2 is 1.91 bits per heavy atom. The number of methoxy groups -OCH3 is 1. The maximum Gasteiger partial charge on any atom is 0.191 e. The quantitative estimate of drug-likeness (QED) is 0.290. The summed E-state index contributed by atoms with van der Waals surface area (Å²) in [6.07, 6.45) is 1.09. The maximum absolute atomic E-state index is 13.5. The average molecular weight is 427 g/mol. The summed E-state index contributed by atoms with van der Waals surface area (Å²) in [5.41, 5.74) is 0.0974. The lowest BCUT2D eigenvalue weighted by Crippen LogP contribution is -2.38. The summed E-state index contributed by atoms with van der Waals surface area (Å²) in [5.74, 6) is -0.386. The molecule has 0 saturated heterocycles. The second-order valence-electron chi connectivity index (χ2n) is 4.48. The van der Waals surface area contributed by atoms with Crippen molar-refractivity contribution in [3.63, 3.8) is 0 Å². The normalized spacial score (nSPS) is 11.0. The molecule has 0 aliphatic heterocycles. The van der Waals surface area contributed by atoms with E-state index in [1.165, 1.54) is 18.2 Å². The van der Waals surface area contributed by atoms with Crippen molar-refractivity contribution in [1.82, 2.24) is 10.6 Å². The molecule has 2 N–H and O–H groups in total. The van der Waals surface area contributed by atoms with Crippen molar-refractivity contribution < 1.29 is 13.5 Å². The summed E-state index contributed by atoms with van der Waals surface area (Å²) in [4.78, 5) is 4.35. The number of aliphatic imine (C=N–C) groups is 1. The SMILES string of the molecule is CCNC(=NCCCOC)NCCc1c(F)cccc1F.I. The summed E-state index contributed by atoms with van der Waals surface area (Å²) in [6, 6.07) is 3.90. The molecule has 0 fully saturated rings. The van der Waals surface area contributed by atoms with Crippen molar-refractivity contribution in [2.24, 2.45) is 4.99 Å². The largest absolute Gasteiger partial charge is 0.385 e. The fraction of sp³-hybridized carbons (Fsp3) is 0.533. The molecular formula is C15H24F2IN3O. The highest BCUT2D eigenvalue weighted by Crippen LogP contribution is 2.11. The molecule has 0 atom stereocenters. The molecule has 0 heterocycles. The second-order valence-corrected chi connectivity index (χ2v) is 4.48. The van der Waals surface area contributed by atoms with Crippen molar-refractivity contribution in [1.29, 1.82) is 0 Å². The molecule has 1 aromatic carbocycles. The smallest absolute Gasteiger partial charge is 0.191 e. The number of nitrogens with one attached hydrogen (secondary N) is 2. The highest BCUT2D eigenvalue weighted by molar-refractivity contribution is 14.0. The summed E-state index contributed by atoms with van der Waals surface area (Å²) in [6.45, 7) is 4.39. The number of guanidine groups is 1. The standard InChI is InChI=1S/C15H23F2N3O.HI/c1-3-18-15(19-9-5-11-21-2)20-10-8-12-13(16)6-4-7-14(12)17;/h4,6-7H,3,5,8-11H2,1-2H3,(H2,18,19,20);1H. The predicted molar refractivity (Wildman–Crippen MR) is 96.0 cm³/mol. The van der Waals surface area contributed by atoms with Gasteiger partial charge in [0.15, 0.2) is 5.96 Å². The second kappa shape index (κ2) is 12.6. The molecule has 7 heteroatoms. The average Bonchev–Trinajstić information content (AvgIpc) is 2.46. The topological polar surface area (TPSA) is 45.7 Å². The number of nitrogens with zero attached hydrogens (tertiary/aromatic N) is 1. The summed E-state index contributed by atoms with van der Waals surface area (Å²) < 4.78 is 31.9. The molecule has 0 aliphatic rings. The fourth-order valence-electron chi connectivity index (χ4n) is 1.82. The maximum atomic E-state index is 13.5. The van der Waals surface area contributed by atoms with Crippen LogP contribution >= 0.6 is 24.0 Å². The van der Waals surface area contributed by atoms with Gasteiger partial charge < -0.3 is 15.4 Å². The monoisotopic (exact) mass is 427 g/mol. The summed E-state index contributed by atoms with van der Waals surface area (Å²) in [7, 11) is 1.65. The van der Waals surface area contributed by atoms with Crippen molar-refractivity contribution in [2.45, 2.75) is 19.8 Å². The van der Waals surface area contributed by atoms with Gasteiger partial charge in [0.05, 0.1) is 0 Å². The van der Waals surface area contributed by atoms with Gasteiger partial charge in [0.1, 0.15) is 11.6 Å². The minimum Gasteiger partial charge on any atom is -0.385 e. The highest BCUT2D eigenvalue weighted by Gasteiger charge is 2.08. The first-order chi connectivity index (χ1) is 10.2. The van der Waals surface area contributed by atoms with Gasteiger partial charge in [-0.1, -0.05) is 6.07 Å². The third-order valence-electron chi connectivity index (χ3n) is 2.85. The Kier molecular flexibility index (Phi) is 12.0. The fourth-order valence-corrected chi connectivity index (χ4v) is 1.82. The van der Waals surface area contributed by atoms with Crippen LogP contribution in [0.4, 0.5) is 8.78 Å². The van der Waals surface area contributed by atoms with Crippen molar-refractivity contribution in [3.05, 3.63) is 35.4 Å². The van der Waals surface area contributed by atoms with E-state index in [-0.39, 0.29) is 36.0 Å². The van der Waals surface area contributed by atoms with E-state index in [2.05, 4.69) is 15.6 Å². The zero-order chi connectivity index (χ0) is 15.5. The molecule has 126 valence electrons. The third-order valence-corrected chi connectivity index (χ3v) is 2.85. The first-order valence-corrected chi connectivity index (χ1v) is 7.13. The van der Waals surface area contributed by atoms with Crippen molar-refractivity contribution in [2.75, 3.05) is 33.4 Å². The number of hydrogen-bond donors (Lipinski definition) is 2. The first-order valence-electron chi connectivity index (χ1n) is 7.13. The van der Waals surface area contributed by atoms with Crippen molar-refractivity contribution in [3.8, 4) is 0 Å². The van der Waals surface area contributed by atoms with Crippen LogP contribution in [0, 0.1) is 11.6 Å². The van der Waals surface area contributed by atoms with E-state index < -0.39 is 11.6 Å². The van der Waals surface area contributed by atoms with Crippen LogP contribution in [0.1, 0.15) is 18.9 Å². The Bertz CT molecular complexity index is 438. The van der Waals surface area contributed by atoms with Gasteiger partial charge in [0, 0.05) is 38.9 Å². The Morgan fingerprint density at radius 3 is 2.50 bits per heavy atom. The van der Waals surface area contributed by atoms with E-state index in [0.29, 0.717) is 25.7 Å². The molecule has 0 amide bonds. The number of halogens is 3. The molecule has 1 rings (SSSR count). The van der Waals surface area contributed by atoms with E-state index >= 15 is 0 Å². The van der Waals surface area contributed by atoms with Crippen LogP contribution in [-0.4, -0.2) is 39.3 Å². The Hall–Kier alpha value is -0.960. The first kappa shape index (κ1) is 21.0. The van der Waals surface area contributed by atoms with Gasteiger partial charge in [-0.3, -0.25) is 4.99 Å². The minimum absolute atomic E-state index is 0. The Labute approximate surface area is 147 Å². The molecule has 0 unspecified atom stereocenters. The molecule has 0 saturated carbocycles. The van der Waals surface area contributed by atoms with E-state index in [1.807, 2.05) is 6.92 Å². The van der Waals surface area contributed by atoms with Crippen LogP contribution in [0.5, 0.6) is 0 Å². The van der Waals surface area contributed by atoms with Crippen molar-refractivity contribution >= 4 is 29.9 Å². The molecular weight excluding hydrogens is 403 g/mol. The minimum atomic E-state index is -0.515.